The van der Waals surface area contributed by atoms with E-state index in [-0.39, 0.29) is 6.71 Å². The van der Waals surface area contributed by atoms with E-state index in [1.807, 2.05) is 0 Å². The summed E-state index contributed by atoms with van der Waals surface area (Å²) in [6.07, 6.45) is 17.0. The van der Waals surface area contributed by atoms with Gasteiger partial charge >= 0.3 is 0 Å². The number of hydrogen-bond donors (Lipinski definition) is 0. The Labute approximate surface area is 468 Å². The summed E-state index contributed by atoms with van der Waals surface area (Å²) in [6, 6.07) is 86.0. The Hall–Kier alpha value is -7.34. The third kappa shape index (κ3) is 6.48. The van der Waals surface area contributed by atoms with Crippen molar-refractivity contribution < 1.29 is 0 Å². The molecule has 0 atom stereocenters. The molecule has 384 valence electrons. The van der Waals surface area contributed by atoms with E-state index in [2.05, 4.69) is 233 Å². The molecule has 11 aliphatic rings. The molecule has 9 aromatic carbocycles. The van der Waals surface area contributed by atoms with Gasteiger partial charge in [-0.15, -0.1) is 0 Å². The third-order valence-corrected chi connectivity index (χ3v) is 27.1. The average Bonchev–Trinajstić information content (AvgIpc) is 2.29. The Morgan fingerprint density at radius 2 is 0.696 bits per heavy atom. The Balaban J connectivity index is 0.921. The van der Waals surface area contributed by atoms with E-state index >= 15 is 0 Å². The van der Waals surface area contributed by atoms with Crippen molar-refractivity contribution in [3.05, 3.63) is 230 Å². The maximum Gasteiger partial charge on any atom is 0.251 e. The topological polar surface area (TPSA) is 9.72 Å². The van der Waals surface area contributed by atoms with E-state index in [9.17, 15) is 0 Å². The van der Waals surface area contributed by atoms with Gasteiger partial charge in [-0.05, 0) is 244 Å². The first-order valence-corrected chi connectivity index (χ1v) is 32.3. The van der Waals surface area contributed by atoms with Crippen LogP contribution in [-0.2, 0) is 10.8 Å². The molecule has 0 aromatic heterocycles. The van der Waals surface area contributed by atoms with Crippen molar-refractivity contribution in [2.45, 2.75) is 87.9 Å². The number of anilines is 9. The summed E-state index contributed by atoms with van der Waals surface area (Å²) in [6.45, 7) is 0.0245. The van der Waals surface area contributed by atoms with Gasteiger partial charge in [0.25, 0.3) is 6.71 Å². The lowest BCUT2D eigenvalue weighted by Crippen LogP contribution is -2.88. The lowest BCUT2D eigenvalue weighted by Gasteiger charge is -2.57. The van der Waals surface area contributed by atoms with Crippen molar-refractivity contribution in [2.75, 3.05) is 14.7 Å². The summed E-state index contributed by atoms with van der Waals surface area (Å²) in [4.78, 5) is 7.94. The molecule has 0 unspecified atom stereocenters. The largest absolute Gasteiger partial charge is 0.311 e. The molecule has 3 nitrogen and oxygen atoms in total. The summed E-state index contributed by atoms with van der Waals surface area (Å²) < 4.78 is 0. The van der Waals surface area contributed by atoms with Crippen LogP contribution in [-0.4, -0.2) is 14.8 Å². The number of rotatable bonds is 9. The summed E-state index contributed by atoms with van der Waals surface area (Å²) in [5.74, 6) is 5.39. The predicted molar refractivity (Wildman–Crippen MR) is 332 cm³/mol. The lowest BCUT2D eigenvalue weighted by atomic mass is 9.33. The summed E-state index contributed by atoms with van der Waals surface area (Å²) in [7, 11) is -2.99. The van der Waals surface area contributed by atoms with Crippen LogP contribution in [0.3, 0.4) is 0 Å². The van der Waals surface area contributed by atoms with Gasteiger partial charge in [0.2, 0.25) is 0 Å². The third-order valence-electron chi connectivity index (χ3n) is 22.2. The van der Waals surface area contributed by atoms with Gasteiger partial charge in [-0.1, -0.05) is 146 Å². The molecule has 8 saturated carbocycles. The number of para-hydroxylation sites is 2. The van der Waals surface area contributed by atoms with Crippen molar-refractivity contribution in [2.24, 2.45) is 35.5 Å². The van der Waals surface area contributed by atoms with E-state index < -0.39 is 8.07 Å². The van der Waals surface area contributed by atoms with Crippen LogP contribution in [0.2, 0.25) is 0 Å². The van der Waals surface area contributed by atoms with Crippen LogP contribution < -0.4 is 51.8 Å². The highest BCUT2D eigenvalue weighted by molar-refractivity contribution is 7.27. The average molecular weight is 1040 g/mol. The van der Waals surface area contributed by atoms with Gasteiger partial charge in [0, 0.05) is 45.5 Å². The standard InChI is InChI=1S/C74H66BN3Si/c1-5-15-57(16-6-1)76(58-17-7-2-8-18-58)61-41-66-70-67(42-61)78(60-33-29-56(30-34-60)74-46-52-38-53(47-74)40-54(39-52)48-74)65-24-14-26-69-72(65)75(70)71-64(23-13-25-68(71)79(69,62-19-9-3-10-20-62)63-21-11-4-12-22-63)77(66)59-31-27-55(28-32-59)73-43-49-35-50(44-73)37-51(36-49)45-73/h1-34,41-42,49-54H,35-40,43-48H2. The molecular formula is C74H66BN3Si. The second-order valence-corrected chi connectivity index (χ2v) is 30.2. The molecule has 3 aliphatic heterocycles. The van der Waals surface area contributed by atoms with E-state index in [1.54, 1.807) is 11.1 Å². The quantitative estimate of drug-likeness (QED) is 0.133. The first-order valence-electron chi connectivity index (χ1n) is 30.3. The zero-order valence-corrected chi connectivity index (χ0v) is 46.2. The maximum atomic E-state index is 2.72. The van der Waals surface area contributed by atoms with E-state index in [1.165, 1.54) is 148 Å². The SMILES string of the molecule is c1ccc(N(c2ccccc2)c2cc3c4c(c2)N(c2ccc(C56CC7CC(CC(C7)C5)C6)cc2)c2cccc5c2B4c2c(cccc2[Si]5(c2ccccc2)c2ccccc2)N3c2ccc(C34CC5CC(CC(C5)C3)C4)cc2)cc1. The monoisotopic (exact) mass is 1040 g/mol. The molecule has 79 heavy (non-hydrogen) atoms. The van der Waals surface area contributed by atoms with Crippen LogP contribution in [0.4, 0.5) is 51.2 Å². The molecule has 0 N–H and O–H groups in total. The van der Waals surface area contributed by atoms with Crippen molar-refractivity contribution in [1.29, 1.82) is 0 Å². The fourth-order valence-corrected chi connectivity index (χ4v) is 25.5. The van der Waals surface area contributed by atoms with E-state index in [0.29, 0.717) is 10.8 Å². The normalized spacial score (nSPS) is 27.3. The van der Waals surface area contributed by atoms with Crippen molar-refractivity contribution in [3.8, 4) is 0 Å². The Bertz CT molecular complexity index is 3560. The molecule has 0 amide bonds. The number of benzene rings is 9. The molecule has 8 bridgehead atoms. The molecule has 8 aliphatic carbocycles. The van der Waals surface area contributed by atoms with Gasteiger partial charge in [0.15, 0.2) is 8.07 Å². The highest BCUT2D eigenvalue weighted by Gasteiger charge is 2.58. The first-order chi connectivity index (χ1) is 39.0. The van der Waals surface area contributed by atoms with Crippen LogP contribution in [0, 0.1) is 35.5 Å². The van der Waals surface area contributed by atoms with Gasteiger partial charge < -0.3 is 14.7 Å². The second kappa shape index (κ2) is 16.8. The predicted octanol–water partition coefficient (Wildman–Crippen LogP) is 13.9. The van der Waals surface area contributed by atoms with Crippen LogP contribution in [0.15, 0.2) is 218 Å². The van der Waals surface area contributed by atoms with Crippen LogP contribution in [0.5, 0.6) is 0 Å². The molecular weight excluding hydrogens is 970 g/mol. The van der Waals surface area contributed by atoms with Crippen LogP contribution in [0.1, 0.15) is 88.2 Å². The zero-order chi connectivity index (χ0) is 51.6. The minimum atomic E-state index is -2.99. The van der Waals surface area contributed by atoms with Crippen molar-refractivity contribution in [3.63, 3.8) is 0 Å². The molecule has 3 heterocycles. The molecule has 0 saturated heterocycles. The molecule has 0 radical (unpaired) electrons. The molecule has 0 spiro atoms. The highest BCUT2D eigenvalue weighted by Crippen LogP contribution is 2.62. The van der Waals surface area contributed by atoms with Crippen LogP contribution in [0.25, 0.3) is 0 Å². The van der Waals surface area contributed by atoms with Gasteiger partial charge in [0.05, 0.1) is 5.69 Å². The summed E-state index contributed by atoms with van der Waals surface area (Å²) in [5.41, 5.74) is 19.3. The number of hydrogen-bond acceptors (Lipinski definition) is 3. The molecule has 20 rings (SSSR count). The molecule has 5 heteroatoms. The minimum Gasteiger partial charge on any atom is -0.311 e. The van der Waals surface area contributed by atoms with E-state index in [0.717, 1.165) is 52.6 Å². The lowest BCUT2D eigenvalue weighted by molar-refractivity contribution is -0.00530. The maximum absolute atomic E-state index is 2.99. The van der Waals surface area contributed by atoms with E-state index in [4.69, 9.17) is 0 Å². The fraction of sp³-hybridized carbons (Fsp3) is 0.270. The van der Waals surface area contributed by atoms with Crippen molar-refractivity contribution >= 4 is 103 Å². The first kappa shape index (κ1) is 45.5. The Kier molecular flexibility index (Phi) is 9.71. The fourth-order valence-electron chi connectivity index (χ4n) is 20.2. The van der Waals surface area contributed by atoms with Gasteiger partial charge in [0.1, 0.15) is 0 Å². The Morgan fingerprint density at radius 1 is 0.342 bits per heavy atom. The minimum absolute atomic E-state index is 0.0245. The number of nitrogens with zero attached hydrogens (tertiary/aromatic N) is 3. The molecule has 8 fully saturated rings. The van der Waals surface area contributed by atoms with Gasteiger partial charge in [-0.2, -0.15) is 0 Å². The molecule has 9 aromatic rings. The summed E-state index contributed by atoms with van der Waals surface area (Å²) >= 11 is 0. The highest BCUT2D eigenvalue weighted by atomic mass is 28.3. The zero-order valence-electron chi connectivity index (χ0n) is 45.2. The smallest absolute Gasteiger partial charge is 0.251 e. The Morgan fingerprint density at radius 3 is 1.06 bits per heavy atom. The van der Waals surface area contributed by atoms with Gasteiger partial charge in [-0.25, -0.2) is 0 Å². The van der Waals surface area contributed by atoms with Crippen LogP contribution >= 0.6 is 0 Å². The van der Waals surface area contributed by atoms with Crippen molar-refractivity contribution in [1.82, 2.24) is 0 Å². The summed E-state index contributed by atoms with van der Waals surface area (Å²) in [5, 5.41) is 5.90. The van der Waals surface area contributed by atoms with Gasteiger partial charge in [-0.3, -0.25) is 0 Å². The second-order valence-electron chi connectivity index (χ2n) is 26.5.